The number of benzene rings is 1. The molecule has 0 amide bonds. The fourth-order valence-corrected chi connectivity index (χ4v) is 2.62. The standard InChI is InChI=1S/C11H11BrN2O/c12-10-2-1-7(6-13)3-9(10)11(14)4-8(15)5-11/h1-3,8,15H,4-5,14H2. The molecule has 3 nitrogen and oxygen atoms in total. The molecule has 0 radical (unpaired) electrons. The van der Waals surface area contributed by atoms with Crippen molar-refractivity contribution in [3.8, 4) is 6.07 Å². The Hall–Kier alpha value is -0.890. The second kappa shape index (κ2) is 3.60. The molecule has 1 fully saturated rings. The first-order valence-electron chi connectivity index (χ1n) is 4.72. The molecule has 1 saturated carbocycles. The smallest absolute Gasteiger partial charge is 0.0991 e. The molecule has 0 spiro atoms. The quantitative estimate of drug-likeness (QED) is 0.812. The minimum atomic E-state index is -0.481. The molecular formula is C11H11BrN2O. The van der Waals surface area contributed by atoms with Gasteiger partial charge >= 0.3 is 0 Å². The number of nitrogens with two attached hydrogens (primary N) is 1. The lowest BCUT2D eigenvalue weighted by atomic mass is 9.70. The second-order valence-electron chi connectivity index (χ2n) is 4.02. The fraction of sp³-hybridized carbons (Fsp3) is 0.364. The summed E-state index contributed by atoms with van der Waals surface area (Å²) in [5, 5.41) is 18.1. The number of halogens is 1. The lowest BCUT2D eigenvalue weighted by Crippen LogP contribution is -2.51. The number of hydrogen-bond acceptors (Lipinski definition) is 3. The van der Waals surface area contributed by atoms with Crippen LogP contribution in [0.1, 0.15) is 24.0 Å². The largest absolute Gasteiger partial charge is 0.393 e. The first-order valence-corrected chi connectivity index (χ1v) is 5.51. The molecule has 0 bridgehead atoms. The molecule has 0 unspecified atom stereocenters. The Morgan fingerprint density at radius 1 is 1.53 bits per heavy atom. The maximum atomic E-state index is 9.30. The van der Waals surface area contributed by atoms with E-state index >= 15 is 0 Å². The van der Waals surface area contributed by atoms with Gasteiger partial charge in [0.2, 0.25) is 0 Å². The topological polar surface area (TPSA) is 70.0 Å². The highest BCUT2D eigenvalue weighted by Crippen LogP contribution is 2.42. The second-order valence-corrected chi connectivity index (χ2v) is 4.88. The summed E-state index contributed by atoms with van der Waals surface area (Å²) in [5.41, 5.74) is 7.16. The van der Waals surface area contributed by atoms with Crippen molar-refractivity contribution in [1.82, 2.24) is 0 Å². The molecule has 0 saturated heterocycles. The zero-order valence-electron chi connectivity index (χ0n) is 8.07. The van der Waals surface area contributed by atoms with E-state index in [-0.39, 0.29) is 6.10 Å². The number of nitrogens with zero attached hydrogens (tertiary/aromatic N) is 1. The van der Waals surface area contributed by atoms with Gasteiger partial charge in [-0.15, -0.1) is 0 Å². The molecule has 3 N–H and O–H groups in total. The summed E-state index contributed by atoms with van der Waals surface area (Å²) in [6, 6.07) is 7.44. The van der Waals surface area contributed by atoms with Crippen LogP contribution in [0.25, 0.3) is 0 Å². The predicted molar refractivity (Wildman–Crippen MR) is 60.0 cm³/mol. The Morgan fingerprint density at radius 3 is 2.73 bits per heavy atom. The molecule has 1 aromatic rings. The van der Waals surface area contributed by atoms with Crippen molar-refractivity contribution in [1.29, 1.82) is 5.26 Å². The highest BCUT2D eigenvalue weighted by molar-refractivity contribution is 9.10. The fourth-order valence-electron chi connectivity index (χ4n) is 1.98. The van der Waals surface area contributed by atoms with Crippen molar-refractivity contribution in [3.63, 3.8) is 0 Å². The van der Waals surface area contributed by atoms with Crippen LogP contribution in [0.3, 0.4) is 0 Å². The summed E-state index contributed by atoms with van der Waals surface area (Å²) < 4.78 is 0.899. The first kappa shape index (κ1) is 10.6. The predicted octanol–water partition coefficient (Wildman–Crippen LogP) is 1.63. The van der Waals surface area contributed by atoms with E-state index in [1.54, 1.807) is 12.1 Å². The van der Waals surface area contributed by atoms with Gasteiger partial charge in [0.15, 0.2) is 0 Å². The van der Waals surface area contributed by atoms with E-state index in [0.717, 1.165) is 10.0 Å². The van der Waals surface area contributed by atoms with Gasteiger partial charge in [0.25, 0.3) is 0 Å². The van der Waals surface area contributed by atoms with Crippen LogP contribution in [0.2, 0.25) is 0 Å². The van der Waals surface area contributed by atoms with E-state index in [1.807, 2.05) is 6.07 Å². The number of aliphatic hydroxyl groups excluding tert-OH is 1. The SMILES string of the molecule is N#Cc1ccc(Br)c(C2(N)CC(O)C2)c1. The van der Waals surface area contributed by atoms with Gasteiger partial charge in [0.05, 0.1) is 17.7 Å². The lowest BCUT2D eigenvalue weighted by molar-refractivity contribution is 0.0206. The molecule has 2 rings (SSSR count). The van der Waals surface area contributed by atoms with Crippen LogP contribution in [-0.2, 0) is 5.54 Å². The number of hydrogen-bond donors (Lipinski definition) is 2. The van der Waals surface area contributed by atoms with Crippen molar-refractivity contribution in [3.05, 3.63) is 33.8 Å². The normalized spacial score (nSPS) is 29.3. The number of aliphatic hydroxyl groups is 1. The van der Waals surface area contributed by atoms with Gasteiger partial charge in [-0.1, -0.05) is 15.9 Å². The molecule has 0 atom stereocenters. The Balaban J connectivity index is 2.40. The maximum Gasteiger partial charge on any atom is 0.0991 e. The maximum absolute atomic E-state index is 9.30. The average molecular weight is 267 g/mol. The molecule has 1 aromatic carbocycles. The monoisotopic (exact) mass is 266 g/mol. The zero-order chi connectivity index (χ0) is 11.1. The van der Waals surface area contributed by atoms with E-state index in [2.05, 4.69) is 22.0 Å². The average Bonchev–Trinajstić information content (AvgIpc) is 2.16. The third kappa shape index (κ3) is 1.78. The molecule has 15 heavy (non-hydrogen) atoms. The van der Waals surface area contributed by atoms with Gasteiger partial charge in [-0.25, -0.2) is 0 Å². The molecule has 0 aliphatic heterocycles. The van der Waals surface area contributed by atoms with E-state index < -0.39 is 5.54 Å². The Kier molecular flexibility index (Phi) is 2.55. The van der Waals surface area contributed by atoms with Crippen LogP contribution in [-0.4, -0.2) is 11.2 Å². The highest BCUT2D eigenvalue weighted by Gasteiger charge is 2.42. The molecule has 78 valence electrons. The summed E-state index contributed by atoms with van der Waals surface area (Å²) in [5.74, 6) is 0. The molecule has 1 aliphatic carbocycles. The van der Waals surface area contributed by atoms with Crippen molar-refractivity contribution in [2.75, 3.05) is 0 Å². The molecular weight excluding hydrogens is 256 g/mol. The van der Waals surface area contributed by atoms with E-state index in [1.165, 1.54) is 0 Å². The van der Waals surface area contributed by atoms with Crippen LogP contribution in [0, 0.1) is 11.3 Å². The van der Waals surface area contributed by atoms with Crippen LogP contribution in [0.5, 0.6) is 0 Å². The van der Waals surface area contributed by atoms with Gasteiger partial charge < -0.3 is 10.8 Å². The minimum absolute atomic E-state index is 0.312. The first-order chi connectivity index (χ1) is 7.05. The summed E-state index contributed by atoms with van der Waals surface area (Å²) >= 11 is 3.42. The van der Waals surface area contributed by atoms with Crippen molar-refractivity contribution < 1.29 is 5.11 Å². The van der Waals surface area contributed by atoms with Crippen LogP contribution >= 0.6 is 15.9 Å². The van der Waals surface area contributed by atoms with Crippen molar-refractivity contribution in [2.24, 2.45) is 5.73 Å². The van der Waals surface area contributed by atoms with E-state index in [4.69, 9.17) is 11.0 Å². The highest BCUT2D eigenvalue weighted by atomic mass is 79.9. The third-order valence-electron chi connectivity index (χ3n) is 2.83. The van der Waals surface area contributed by atoms with Gasteiger partial charge in [0, 0.05) is 10.0 Å². The molecule has 0 aromatic heterocycles. The lowest BCUT2D eigenvalue weighted by Gasteiger charge is -2.43. The summed E-state index contributed by atoms with van der Waals surface area (Å²) in [6.45, 7) is 0. The summed E-state index contributed by atoms with van der Waals surface area (Å²) in [4.78, 5) is 0. The third-order valence-corrected chi connectivity index (χ3v) is 3.52. The van der Waals surface area contributed by atoms with Crippen molar-refractivity contribution >= 4 is 15.9 Å². The van der Waals surface area contributed by atoms with E-state index in [0.29, 0.717) is 18.4 Å². The van der Waals surface area contributed by atoms with Gasteiger partial charge in [-0.05, 0) is 36.6 Å². The minimum Gasteiger partial charge on any atom is -0.393 e. The van der Waals surface area contributed by atoms with Gasteiger partial charge in [-0.3, -0.25) is 0 Å². The van der Waals surface area contributed by atoms with Crippen molar-refractivity contribution in [2.45, 2.75) is 24.5 Å². The zero-order valence-corrected chi connectivity index (χ0v) is 9.66. The van der Waals surface area contributed by atoms with Crippen LogP contribution in [0.15, 0.2) is 22.7 Å². The molecule has 4 heteroatoms. The Morgan fingerprint density at radius 2 is 2.20 bits per heavy atom. The Bertz CT molecular complexity index is 433. The summed E-state index contributed by atoms with van der Waals surface area (Å²) in [6.07, 6.45) is 0.800. The Labute approximate surface area is 96.6 Å². The molecule has 0 heterocycles. The number of rotatable bonds is 1. The summed E-state index contributed by atoms with van der Waals surface area (Å²) in [7, 11) is 0. The van der Waals surface area contributed by atoms with Gasteiger partial charge in [0.1, 0.15) is 0 Å². The number of nitriles is 1. The molecule has 1 aliphatic rings. The van der Waals surface area contributed by atoms with Crippen LogP contribution in [0.4, 0.5) is 0 Å². The van der Waals surface area contributed by atoms with E-state index in [9.17, 15) is 5.11 Å². The van der Waals surface area contributed by atoms with Crippen LogP contribution < -0.4 is 5.73 Å². The van der Waals surface area contributed by atoms with Gasteiger partial charge in [-0.2, -0.15) is 5.26 Å².